The van der Waals surface area contributed by atoms with Gasteiger partial charge in [-0.2, -0.15) is 0 Å². The third kappa shape index (κ3) is 2.81. The summed E-state index contributed by atoms with van der Waals surface area (Å²) in [6, 6.07) is 0. The molecule has 1 aliphatic carbocycles. The molecule has 2 heterocycles. The van der Waals surface area contributed by atoms with Gasteiger partial charge >= 0.3 is 0 Å². The normalized spacial score (nSPS) is 21.7. The Morgan fingerprint density at radius 1 is 1.33 bits per heavy atom. The Balaban J connectivity index is 1.77. The zero-order chi connectivity index (χ0) is 14.9. The van der Waals surface area contributed by atoms with E-state index >= 15 is 0 Å². The first kappa shape index (κ1) is 14.5. The van der Waals surface area contributed by atoms with Crippen molar-refractivity contribution >= 4 is 23.2 Å². The fourth-order valence-corrected chi connectivity index (χ4v) is 4.16. The van der Waals surface area contributed by atoms with Crippen LogP contribution >= 0.6 is 11.3 Å². The Morgan fingerprint density at radius 3 is 2.76 bits per heavy atom. The summed E-state index contributed by atoms with van der Waals surface area (Å²) in [6.07, 6.45) is 7.53. The van der Waals surface area contributed by atoms with Crippen LogP contribution in [0.4, 0.5) is 0 Å². The molecular weight excluding hydrogens is 286 g/mol. The number of thiazole rings is 1. The molecule has 1 aromatic rings. The van der Waals surface area contributed by atoms with Gasteiger partial charge in [-0.05, 0) is 19.3 Å². The summed E-state index contributed by atoms with van der Waals surface area (Å²) < 4.78 is 0. The summed E-state index contributed by atoms with van der Waals surface area (Å²) in [6.45, 7) is 2.70. The van der Waals surface area contributed by atoms with Crippen LogP contribution in [0, 0.1) is 0 Å². The number of carbonyl (C=O) groups is 2. The lowest BCUT2D eigenvalue weighted by Gasteiger charge is -2.43. The van der Waals surface area contributed by atoms with Crippen LogP contribution in [-0.2, 0) is 22.6 Å². The van der Waals surface area contributed by atoms with E-state index in [4.69, 9.17) is 0 Å². The highest BCUT2D eigenvalue weighted by Gasteiger charge is 2.47. The molecule has 0 aromatic carbocycles. The second-order valence-corrected chi connectivity index (χ2v) is 7.13. The number of aryl methyl sites for hydroxylation is 1. The first-order chi connectivity index (χ1) is 10.1. The van der Waals surface area contributed by atoms with Crippen LogP contribution in [0.3, 0.4) is 0 Å². The van der Waals surface area contributed by atoms with E-state index in [1.54, 1.807) is 16.2 Å². The van der Waals surface area contributed by atoms with E-state index in [-0.39, 0.29) is 18.4 Å². The quantitative estimate of drug-likeness (QED) is 0.927. The van der Waals surface area contributed by atoms with Crippen molar-refractivity contribution in [2.24, 2.45) is 0 Å². The van der Waals surface area contributed by atoms with Crippen molar-refractivity contribution < 1.29 is 9.59 Å². The molecule has 2 amide bonds. The summed E-state index contributed by atoms with van der Waals surface area (Å²) in [4.78, 5) is 32.1. The van der Waals surface area contributed by atoms with Crippen molar-refractivity contribution in [2.45, 2.75) is 57.5 Å². The lowest BCUT2D eigenvalue weighted by atomic mass is 9.79. The largest absolute Gasteiger partial charge is 0.340 e. The Labute approximate surface area is 128 Å². The van der Waals surface area contributed by atoms with Gasteiger partial charge in [-0.3, -0.25) is 9.59 Å². The van der Waals surface area contributed by atoms with Gasteiger partial charge in [0, 0.05) is 11.1 Å². The number of carbonyl (C=O) groups excluding carboxylic acids is 2. The van der Waals surface area contributed by atoms with Gasteiger partial charge in [0.1, 0.15) is 17.1 Å². The van der Waals surface area contributed by atoms with Crippen LogP contribution in [0.2, 0.25) is 0 Å². The van der Waals surface area contributed by atoms with Gasteiger partial charge in [0.2, 0.25) is 11.8 Å². The van der Waals surface area contributed by atoms with E-state index in [1.165, 1.54) is 4.88 Å². The smallest absolute Gasteiger partial charge is 0.249 e. The van der Waals surface area contributed by atoms with Crippen LogP contribution < -0.4 is 5.32 Å². The molecule has 2 fully saturated rings. The molecule has 0 radical (unpaired) electrons. The number of piperazine rings is 1. The van der Waals surface area contributed by atoms with Crippen molar-refractivity contribution in [2.75, 3.05) is 6.54 Å². The summed E-state index contributed by atoms with van der Waals surface area (Å²) in [5, 5.41) is 3.88. The number of nitrogens with zero attached hydrogens (tertiary/aromatic N) is 2. The Morgan fingerprint density at radius 2 is 2.10 bits per heavy atom. The van der Waals surface area contributed by atoms with Crippen molar-refractivity contribution in [1.29, 1.82) is 0 Å². The summed E-state index contributed by atoms with van der Waals surface area (Å²) in [5.74, 6) is 0.0406. The van der Waals surface area contributed by atoms with Crippen LogP contribution in [0.15, 0.2) is 6.20 Å². The molecule has 6 heteroatoms. The van der Waals surface area contributed by atoms with Crippen LogP contribution in [0.25, 0.3) is 0 Å². The first-order valence-corrected chi connectivity index (χ1v) is 8.48. The molecule has 5 nitrogen and oxygen atoms in total. The van der Waals surface area contributed by atoms with Crippen LogP contribution in [0.1, 0.15) is 48.9 Å². The molecule has 2 aliphatic rings. The Bertz CT molecular complexity index is 549. The first-order valence-electron chi connectivity index (χ1n) is 7.67. The molecule has 1 aromatic heterocycles. The predicted octanol–water partition coefficient (Wildman–Crippen LogP) is 1.87. The molecule has 3 rings (SSSR count). The third-order valence-electron chi connectivity index (χ3n) is 4.39. The SMILES string of the molecule is CCc1cnc(CN2CC(=O)NC3(CCCCC3)C2=O)s1. The number of hydrogen-bond donors (Lipinski definition) is 1. The minimum Gasteiger partial charge on any atom is -0.340 e. The maximum atomic E-state index is 12.8. The van der Waals surface area contributed by atoms with E-state index in [1.807, 2.05) is 6.20 Å². The fourth-order valence-electron chi connectivity index (χ4n) is 3.28. The molecule has 1 N–H and O–H groups in total. The fraction of sp³-hybridized carbons (Fsp3) is 0.667. The van der Waals surface area contributed by atoms with Crippen LogP contribution in [0.5, 0.6) is 0 Å². The summed E-state index contributed by atoms with van der Waals surface area (Å²) in [7, 11) is 0. The maximum absolute atomic E-state index is 12.8. The molecular formula is C15H21N3O2S. The van der Waals surface area contributed by atoms with E-state index in [9.17, 15) is 9.59 Å². The highest BCUT2D eigenvalue weighted by Crippen LogP contribution is 2.32. The average molecular weight is 307 g/mol. The summed E-state index contributed by atoms with van der Waals surface area (Å²) >= 11 is 1.63. The van der Waals surface area contributed by atoms with Crippen molar-refractivity contribution in [3.63, 3.8) is 0 Å². The zero-order valence-electron chi connectivity index (χ0n) is 12.4. The predicted molar refractivity (Wildman–Crippen MR) is 80.9 cm³/mol. The number of rotatable bonds is 3. The lowest BCUT2D eigenvalue weighted by Crippen LogP contribution is -2.66. The molecule has 1 spiro atoms. The topological polar surface area (TPSA) is 62.3 Å². The summed E-state index contributed by atoms with van der Waals surface area (Å²) in [5.41, 5.74) is -0.640. The van der Waals surface area contributed by atoms with Crippen molar-refractivity contribution in [3.05, 3.63) is 16.1 Å². The molecule has 0 bridgehead atoms. The van der Waals surface area contributed by atoms with Gasteiger partial charge in [0.15, 0.2) is 0 Å². The number of amides is 2. The van der Waals surface area contributed by atoms with E-state index in [0.717, 1.165) is 43.5 Å². The minimum absolute atomic E-state index is 0.0382. The van der Waals surface area contributed by atoms with Crippen LogP contribution in [-0.4, -0.2) is 33.8 Å². The van der Waals surface area contributed by atoms with Gasteiger partial charge in [0.05, 0.1) is 6.54 Å². The van der Waals surface area contributed by atoms with Gasteiger partial charge in [-0.1, -0.05) is 26.2 Å². The molecule has 1 saturated carbocycles. The number of aromatic nitrogens is 1. The lowest BCUT2D eigenvalue weighted by molar-refractivity contribution is -0.152. The Kier molecular flexibility index (Phi) is 3.97. The molecule has 1 aliphatic heterocycles. The highest BCUT2D eigenvalue weighted by molar-refractivity contribution is 7.11. The monoisotopic (exact) mass is 307 g/mol. The highest BCUT2D eigenvalue weighted by atomic mass is 32.1. The number of hydrogen-bond acceptors (Lipinski definition) is 4. The molecule has 114 valence electrons. The Hall–Kier alpha value is -1.43. The molecule has 21 heavy (non-hydrogen) atoms. The number of nitrogens with one attached hydrogen (secondary N) is 1. The molecule has 1 saturated heterocycles. The average Bonchev–Trinajstić information content (AvgIpc) is 2.93. The van der Waals surface area contributed by atoms with Gasteiger partial charge in [-0.15, -0.1) is 11.3 Å². The van der Waals surface area contributed by atoms with Gasteiger partial charge < -0.3 is 10.2 Å². The second-order valence-electron chi connectivity index (χ2n) is 5.93. The third-order valence-corrected chi connectivity index (χ3v) is 5.52. The van der Waals surface area contributed by atoms with E-state index < -0.39 is 5.54 Å². The van der Waals surface area contributed by atoms with E-state index in [2.05, 4.69) is 17.2 Å². The van der Waals surface area contributed by atoms with Gasteiger partial charge in [-0.25, -0.2) is 4.98 Å². The zero-order valence-corrected chi connectivity index (χ0v) is 13.2. The van der Waals surface area contributed by atoms with Crippen molar-refractivity contribution in [3.8, 4) is 0 Å². The standard InChI is InChI=1S/C15H21N3O2S/c1-2-11-8-16-13(21-11)10-18-9-12(19)17-15(14(18)20)6-4-3-5-7-15/h8H,2-7,9-10H2,1H3,(H,17,19). The second kappa shape index (κ2) is 5.75. The minimum atomic E-state index is -0.640. The molecule has 0 atom stereocenters. The maximum Gasteiger partial charge on any atom is 0.249 e. The molecule has 0 unspecified atom stereocenters. The van der Waals surface area contributed by atoms with Gasteiger partial charge in [0.25, 0.3) is 0 Å². The van der Waals surface area contributed by atoms with E-state index in [0.29, 0.717) is 6.54 Å². The van der Waals surface area contributed by atoms with Crippen molar-refractivity contribution in [1.82, 2.24) is 15.2 Å².